The van der Waals surface area contributed by atoms with E-state index in [4.69, 9.17) is 5.73 Å². The van der Waals surface area contributed by atoms with Crippen LogP contribution in [0.5, 0.6) is 0 Å². The van der Waals surface area contributed by atoms with Crippen molar-refractivity contribution < 1.29 is 4.79 Å². The molecule has 0 unspecified atom stereocenters. The SMILES string of the molecule is Cc1cccc(NC(=O)CSc2nccnc2N)c1. The summed E-state index contributed by atoms with van der Waals surface area (Å²) in [5.41, 5.74) is 7.54. The van der Waals surface area contributed by atoms with Crippen LogP contribution in [-0.2, 0) is 4.79 Å². The highest BCUT2D eigenvalue weighted by molar-refractivity contribution is 8.00. The minimum atomic E-state index is -0.0966. The molecular formula is C13H14N4OS. The molecule has 1 aromatic heterocycles. The lowest BCUT2D eigenvalue weighted by atomic mass is 10.2. The van der Waals surface area contributed by atoms with Crippen molar-refractivity contribution in [1.29, 1.82) is 0 Å². The minimum Gasteiger partial charge on any atom is -0.381 e. The Morgan fingerprint density at radius 1 is 1.37 bits per heavy atom. The third-order valence-electron chi connectivity index (χ3n) is 2.33. The summed E-state index contributed by atoms with van der Waals surface area (Å²) in [6, 6.07) is 7.65. The van der Waals surface area contributed by atoms with Crippen LogP contribution in [0.4, 0.5) is 11.5 Å². The predicted octanol–water partition coefficient (Wildman–Crippen LogP) is 2.10. The van der Waals surface area contributed by atoms with Gasteiger partial charge in [-0.25, -0.2) is 9.97 Å². The molecule has 6 heteroatoms. The number of rotatable bonds is 4. The Morgan fingerprint density at radius 3 is 2.89 bits per heavy atom. The summed E-state index contributed by atoms with van der Waals surface area (Å²) in [6.07, 6.45) is 3.07. The Balaban J connectivity index is 1.90. The lowest BCUT2D eigenvalue weighted by Gasteiger charge is -2.06. The molecule has 1 heterocycles. The van der Waals surface area contributed by atoms with Crippen LogP contribution in [0.15, 0.2) is 41.7 Å². The van der Waals surface area contributed by atoms with Crippen molar-refractivity contribution in [3.63, 3.8) is 0 Å². The number of anilines is 2. The zero-order valence-electron chi connectivity index (χ0n) is 10.5. The quantitative estimate of drug-likeness (QED) is 0.834. The van der Waals surface area contributed by atoms with Gasteiger partial charge in [-0.3, -0.25) is 4.79 Å². The molecule has 0 fully saturated rings. The summed E-state index contributed by atoms with van der Waals surface area (Å²) in [5.74, 6) is 0.494. The largest absolute Gasteiger partial charge is 0.381 e. The molecule has 1 amide bonds. The lowest BCUT2D eigenvalue weighted by molar-refractivity contribution is -0.113. The van der Waals surface area contributed by atoms with Crippen molar-refractivity contribution in [2.24, 2.45) is 0 Å². The summed E-state index contributed by atoms with van der Waals surface area (Å²) in [6.45, 7) is 1.98. The van der Waals surface area contributed by atoms with Gasteiger partial charge in [-0.1, -0.05) is 23.9 Å². The van der Waals surface area contributed by atoms with Crippen molar-refractivity contribution in [3.05, 3.63) is 42.2 Å². The smallest absolute Gasteiger partial charge is 0.234 e. The van der Waals surface area contributed by atoms with Crippen molar-refractivity contribution in [1.82, 2.24) is 9.97 Å². The maximum Gasteiger partial charge on any atom is 0.234 e. The van der Waals surface area contributed by atoms with E-state index in [1.54, 1.807) is 6.20 Å². The number of nitrogen functional groups attached to an aromatic ring is 1. The average Bonchev–Trinajstić information content (AvgIpc) is 2.38. The molecule has 0 radical (unpaired) electrons. The lowest BCUT2D eigenvalue weighted by Crippen LogP contribution is -2.14. The average molecular weight is 274 g/mol. The number of benzene rings is 1. The van der Waals surface area contributed by atoms with Crippen LogP contribution in [0.2, 0.25) is 0 Å². The van der Waals surface area contributed by atoms with E-state index >= 15 is 0 Å². The fourth-order valence-electron chi connectivity index (χ4n) is 1.50. The first-order valence-electron chi connectivity index (χ1n) is 5.71. The first-order valence-corrected chi connectivity index (χ1v) is 6.69. The number of nitrogens with zero attached hydrogens (tertiary/aromatic N) is 2. The Morgan fingerprint density at radius 2 is 2.16 bits per heavy atom. The van der Waals surface area contributed by atoms with Gasteiger partial charge in [0.25, 0.3) is 0 Å². The number of thioether (sulfide) groups is 1. The van der Waals surface area contributed by atoms with Crippen molar-refractivity contribution >= 4 is 29.2 Å². The molecule has 19 heavy (non-hydrogen) atoms. The topological polar surface area (TPSA) is 80.9 Å². The molecule has 0 spiro atoms. The molecule has 0 saturated heterocycles. The van der Waals surface area contributed by atoms with Gasteiger partial charge in [0.05, 0.1) is 5.75 Å². The summed E-state index contributed by atoms with van der Waals surface area (Å²) < 4.78 is 0. The minimum absolute atomic E-state index is 0.0966. The first kappa shape index (κ1) is 13.4. The van der Waals surface area contributed by atoms with Gasteiger partial charge in [0.1, 0.15) is 5.03 Å². The van der Waals surface area contributed by atoms with Gasteiger partial charge in [-0.2, -0.15) is 0 Å². The number of hydrogen-bond donors (Lipinski definition) is 2. The molecular weight excluding hydrogens is 260 g/mol. The molecule has 5 nitrogen and oxygen atoms in total. The second-order valence-corrected chi connectivity index (χ2v) is 4.92. The standard InChI is InChI=1S/C13H14N4OS/c1-9-3-2-4-10(7-9)17-11(18)8-19-13-12(14)15-5-6-16-13/h2-7H,8H2,1H3,(H2,14,15)(H,17,18). The number of amides is 1. The maximum absolute atomic E-state index is 11.8. The van der Waals surface area contributed by atoms with Crippen LogP contribution in [-0.4, -0.2) is 21.6 Å². The Labute approximate surface area is 115 Å². The fraction of sp³-hybridized carbons (Fsp3) is 0.154. The number of aromatic nitrogens is 2. The fourth-order valence-corrected chi connectivity index (χ4v) is 2.18. The summed E-state index contributed by atoms with van der Waals surface area (Å²) >= 11 is 1.27. The van der Waals surface area contributed by atoms with Gasteiger partial charge >= 0.3 is 0 Å². The Kier molecular flexibility index (Phi) is 4.35. The second kappa shape index (κ2) is 6.19. The highest BCUT2D eigenvalue weighted by atomic mass is 32.2. The Bertz CT molecular complexity index is 588. The molecule has 0 aliphatic heterocycles. The van der Waals surface area contributed by atoms with Gasteiger partial charge in [-0.05, 0) is 24.6 Å². The maximum atomic E-state index is 11.8. The van der Waals surface area contributed by atoms with E-state index in [-0.39, 0.29) is 11.7 Å². The van der Waals surface area contributed by atoms with Crippen LogP contribution >= 0.6 is 11.8 Å². The van der Waals surface area contributed by atoms with E-state index in [1.807, 2.05) is 31.2 Å². The second-order valence-electron chi connectivity index (χ2n) is 3.95. The summed E-state index contributed by atoms with van der Waals surface area (Å²) in [7, 11) is 0. The highest BCUT2D eigenvalue weighted by Crippen LogP contribution is 2.19. The summed E-state index contributed by atoms with van der Waals surface area (Å²) in [5, 5.41) is 3.39. The molecule has 2 aromatic rings. The number of aryl methyl sites for hydroxylation is 1. The van der Waals surface area contributed by atoms with Crippen molar-refractivity contribution in [3.8, 4) is 0 Å². The molecule has 3 N–H and O–H groups in total. The molecule has 1 aromatic carbocycles. The number of hydrogen-bond acceptors (Lipinski definition) is 5. The van der Waals surface area contributed by atoms with E-state index in [2.05, 4.69) is 15.3 Å². The molecule has 98 valence electrons. The van der Waals surface area contributed by atoms with E-state index < -0.39 is 0 Å². The van der Waals surface area contributed by atoms with Crippen LogP contribution < -0.4 is 11.1 Å². The van der Waals surface area contributed by atoms with Crippen molar-refractivity contribution in [2.75, 3.05) is 16.8 Å². The predicted molar refractivity (Wildman–Crippen MR) is 77.0 cm³/mol. The molecule has 0 atom stereocenters. The van der Waals surface area contributed by atoms with Crippen molar-refractivity contribution in [2.45, 2.75) is 11.9 Å². The monoisotopic (exact) mass is 274 g/mol. The van der Waals surface area contributed by atoms with E-state index in [1.165, 1.54) is 18.0 Å². The van der Waals surface area contributed by atoms with Gasteiger partial charge in [0, 0.05) is 18.1 Å². The molecule has 0 bridgehead atoms. The van der Waals surface area contributed by atoms with E-state index in [9.17, 15) is 4.79 Å². The summed E-state index contributed by atoms with van der Waals surface area (Å²) in [4.78, 5) is 19.8. The van der Waals surface area contributed by atoms with E-state index in [0.29, 0.717) is 10.8 Å². The third-order valence-corrected chi connectivity index (χ3v) is 3.33. The third kappa shape index (κ3) is 3.96. The Hall–Kier alpha value is -2.08. The number of nitrogens with one attached hydrogen (secondary N) is 1. The van der Waals surface area contributed by atoms with Crippen LogP contribution in [0.3, 0.4) is 0 Å². The van der Waals surface area contributed by atoms with Gasteiger partial charge in [0.15, 0.2) is 5.82 Å². The number of carbonyl (C=O) groups is 1. The van der Waals surface area contributed by atoms with Gasteiger partial charge in [-0.15, -0.1) is 0 Å². The number of nitrogens with two attached hydrogens (primary N) is 1. The molecule has 0 saturated carbocycles. The number of carbonyl (C=O) groups excluding carboxylic acids is 1. The zero-order valence-corrected chi connectivity index (χ0v) is 11.3. The van der Waals surface area contributed by atoms with E-state index in [0.717, 1.165) is 11.3 Å². The molecule has 2 rings (SSSR count). The normalized spacial score (nSPS) is 10.2. The highest BCUT2D eigenvalue weighted by Gasteiger charge is 2.07. The zero-order chi connectivity index (χ0) is 13.7. The van der Waals surface area contributed by atoms with Gasteiger partial charge < -0.3 is 11.1 Å². The van der Waals surface area contributed by atoms with Gasteiger partial charge in [0.2, 0.25) is 5.91 Å². The van der Waals surface area contributed by atoms with Crippen LogP contribution in [0, 0.1) is 6.92 Å². The van der Waals surface area contributed by atoms with Crippen LogP contribution in [0.1, 0.15) is 5.56 Å². The van der Waals surface area contributed by atoms with Crippen LogP contribution in [0.25, 0.3) is 0 Å². The molecule has 0 aliphatic rings. The molecule has 0 aliphatic carbocycles. The first-order chi connectivity index (χ1) is 9.15.